The minimum atomic E-state index is -0.935. The van der Waals surface area contributed by atoms with Crippen molar-refractivity contribution in [1.29, 1.82) is 0 Å². The average Bonchev–Trinajstić information content (AvgIpc) is 2.36. The lowest BCUT2D eigenvalue weighted by atomic mass is 10.1. The number of unbranched alkanes of at least 4 members (excludes halogenated alkanes) is 2. The van der Waals surface area contributed by atoms with Crippen molar-refractivity contribution in [2.75, 3.05) is 6.61 Å². The predicted molar refractivity (Wildman–Crippen MR) is 77.0 cm³/mol. The van der Waals surface area contributed by atoms with Crippen LogP contribution in [0, 0.1) is 0 Å². The van der Waals surface area contributed by atoms with Crippen LogP contribution in [0.1, 0.15) is 52.9 Å². The van der Waals surface area contributed by atoms with E-state index >= 15 is 0 Å². The highest BCUT2D eigenvalue weighted by Gasteiger charge is 2.06. The molecule has 0 aromatic rings. The summed E-state index contributed by atoms with van der Waals surface area (Å²) in [7, 11) is 0. The Balaban J connectivity index is 0. The second-order valence-electron chi connectivity index (χ2n) is 4.28. The lowest BCUT2D eigenvalue weighted by Gasteiger charge is -2.05. The van der Waals surface area contributed by atoms with Crippen LogP contribution in [0.25, 0.3) is 0 Å². The highest BCUT2D eigenvalue weighted by atomic mass is 16.5. The number of carbonyl (C=O) groups excluding carboxylic acids is 1. The van der Waals surface area contributed by atoms with Crippen molar-refractivity contribution in [3.63, 3.8) is 0 Å². The molecule has 19 heavy (non-hydrogen) atoms. The molecule has 0 fully saturated rings. The van der Waals surface area contributed by atoms with Gasteiger partial charge in [-0.3, -0.25) is 0 Å². The molecule has 0 aliphatic heterocycles. The summed E-state index contributed by atoms with van der Waals surface area (Å²) in [4.78, 5) is 20.8. The zero-order valence-electron chi connectivity index (χ0n) is 12.3. The molecular formula is C15H26O4. The molecule has 0 saturated carbocycles. The number of hydrogen-bond donors (Lipinski definition) is 1. The van der Waals surface area contributed by atoms with Crippen molar-refractivity contribution in [2.24, 2.45) is 0 Å². The van der Waals surface area contributed by atoms with Gasteiger partial charge in [0.05, 0.1) is 6.61 Å². The van der Waals surface area contributed by atoms with Gasteiger partial charge in [0.2, 0.25) is 0 Å². The van der Waals surface area contributed by atoms with Crippen LogP contribution in [0.5, 0.6) is 0 Å². The molecule has 0 aromatic carbocycles. The first kappa shape index (κ1) is 19.8. The van der Waals surface area contributed by atoms with E-state index in [1.165, 1.54) is 6.92 Å². The van der Waals surface area contributed by atoms with Gasteiger partial charge in [0.25, 0.3) is 0 Å². The third kappa shape index (κ3) is 14.4. The first-order valence-corrected chi connectivity index (χ1v) is 6.60. The third-order valence-corrected chi connectivity index (χ3v) is 2.22. The fourth-order valence-electron chi connectivity index (χ4n) is 0.903. The fourth-order valence-corrected chi connectivity index (χ4v) is 0.903. The van der Waals surface area contributed by atoms with Crippen LogP contribution in [0.4, 0.5) is 0 Å². The van der Waals surface area contributed by atoms with Gasteiger partial charge in [-0.05, 0) is 26.2 Å². The maximum atomic E-state index is 11.2. The van der Waals surface area contributed by atoms with Crippen molar-refractivity contribution in [3.8, 4) is 0 Å². The Labute approximate surface area is 116 Å². The topological polar surface area (TPSA) is 63.6 Å². The number of rotatable bonds is 8. The number of hydrogen-bond acceptors (Lipinski definition) is 3. The summed E-state index contributed by atoms with van der Waals surface area (Å²) in [6.07, 6.45) is 4.85. The Morgan fingerprint density at radius 2 is 1.58 bits per heavy atom. The lowest BCUT2D eigenvalue weighted by Crippen LogP contribution is -2.08. The molecule has 0 unspecified atom stereocenters. The fraction of sp³-hybridized carbons (Fsp3) is 0.600. The molecule has 0 radical (unpaired) electrons. The van der Waals surface area contributed by atoms with E-state index in [-0.39, 0.29) is 11.5 Å². The van der Waals surface area contributed by atoms with E-state index in [1.807, 2.05) is 0 Å². The monoisotopic (exact) mass is 270 g/mol. The highest BCUT2D eigenvalue weighted by Crippen LogP contribution is 2.06. The van der Waals surface area contributed by atoms with Crippen LogP contribution in [0.3, 0.4) is 0 Å². The van der Waals surface area contributed by atoms with Gasteiger partial charge in [0, 0.05) is 11.1 Å². The molecule has 1 N–H and O–H groups in total. The first-order valence-electron chi connectivity index (χ1n) is 6.60. The molecule has 0 heterocycles. The van der Waals surface area contributed by atoms with Gasteiger partial charge >= 0.3 is 11.9 Å². The minimum Gasteiger partial charge on any atom is -0.478 e. The molecule has 0 saturated heterocycles. The summed E-state index contributed by atoms with van der Waals surface area (Å²) < 4.78 is 5.00. The zero-order chi connectivity index (χ0) is 15.3. The number of esters is 1. The number of ether oxygens (including phenoxy) is 1. The molecule has 0 bridgehead atoms. The first-order chi connectivity index (χ1) is 8.86. The summed E-state index contributed by atoms with van der Waals surface area (Å²) in [5.41, 5.74) is 0.785. The van der Waals surface area contributed by atoms with Crippen molar-refractivity contribution in [3.05, 3.63) is 24.3 Å². The molecule has 0 rings (SSSR count). The Morgan fingerprint density at radius 3 is 1.95 bits per heavy atom. The van der Waals surface area contributed by atoms with Crippen molar-refractivity contribution in [1.82, 2.24) is 0 Å². The second kappa shape index (κ2) is 12.9. The molecule has 4 heteroatoms. The standard InChI is InChI=1S/C11H20O2.C4H6O2/c1-4-6-8-10(3)11(12)13-9-7-5-2;1-3(2)4(5)6/h3-9H2,1-2H3;1H2,2H3,(H,5,6). The maximum Gasteiger partial charge on any atom is 0.333 e. The second-order valence-corrected chi connectivity index (χ2v) is 4.28. The summed E-state index contributed by atoms with van der Waals surface area (Å²) in [5.74, 6) is -1.16. The normalized spacial score (nSPS) is 9.00. The molecule has 0 spiro atoms. The van der Waals surface area contributed by atoms with E-state index < -0.39 is 5.97 Å². The highest BCUT2D eigenvalue weighted by molar-refractivity contribution is 5.87. The van der Waals surface area contributed by atoms with Gasteiger partial charge in [-0.1, -0.05) is 39.8 Å². The van der Waals surface area contributed by atoms with Gasteiger partial charge in [-0.15, -0.1) is 0 Å². The minimum absolute atomic E-state index is 0.176. The number of carboxylic acid groups (broad SMARTS) is 1. The van der Waals surface area contributed by atoms with Crippen LogP contribution in [0.15, 0.2) is 24.3 Å². The number of carbonyl (C=O) groups is 2. The SMILES string of the molecule is C=C(C)C(=O)O.C=C(CCCC)C(=O)OCCCC. The van der Waals surface area contributed by atoms with E-state index in [0.29, 0.717) is 12.2 Å². The van der Waals surface area contributed by atoms with Crippen molar-refractivity contribution < 1.29 is 19.4 Å². The average molecular weight is 270 g/mol. The van der Waals surface area contributed by atoms with Gasteiger partial charge < -0.3 is 9.84 Å². The van der Waals surface area contributed by atoms with Gasteiger partial charge in [0.15, 0.2) is 0 Å². The Hall–Kier alpha value is -1.58. The van der Waals surface area contributed by atoms with Crippen LogP contribution < -0.4 is 0 Å². The molecule has 0 atom stereocenters. The third-order valence-electron chi connectivity index (χ3n) is 2.22. The van der Waals surface area contributed by atoms with E-state index in [9.17, 15) is 9.59 Å². The summed E-state index contributed by atoms with van der Waals surface area (Å²) in [5, 5.41) is 7.89. The number of aliphatic carboxylic acids is 1. The molecule has 0 aliphatic carbocycles. The maximum absolute atomic E-state index is 11.2. The van der Waals surface area contributed by atoms with Gasteiger partial charge in [-0.2, -0.15) is 0 Å². The van der Waals surface area contributed by atoms with Crippen LogP contribution >= 0.6 is 0 Å². The Kier molecular flexibility index (Phi) is 13.4. The van der Waals surface area contributed by atoms with E-state index in [2.05, 4.69) is 27.0 Å². The van der Waals surface area contributed by atoms with Crippen molar-refractivity contribution >= 4 is 11.9 Å². The zero-order valence-corrected chi connectivity index (χ0v) is 12.3. The molecular weight excluding hydrogens is 244 g/mol. The smallest absolute Gasteiger partial charge is 0.333 e. The molecule has 4 nitrogen and oxygen atoms in total. The number of carboxylic acids is 1. The molecule has 0 aliphatic rings. The Bertz CT molecular complexity index is 293. The summed E-state index contributed by atoms with van der Waals surface area (Å²) in [6, 6.07) is 0. The summed E-state index contributed by atoms with van der Waals surface area (Å²) in [6.45, 7) is 13.0. The molecule has 0 amide bonds. The van der Waals surface area contributed by atoms with E-state index in [0.717, 1.165) is 32.1 Å². The lowest BCUT2D eigenvalue weighted by molar-refractivity contribution is -0.139. The predicted octanol–water partition coefficient (Wildman–Crippen LogP) is 3.72. The largest absolute Gasteiger partial charge is 0.478 e. The van der Waals surface area contributed by atoms with Crippen LogP contribution in [-0.2, 0) is 14.3 Å². The van der Waals surface area contributed by atoms with Crippen molar-refractivity contribution in [2.45, 2.75) is 52.9 Å². The van der Waals surface area contributed by atoms with Crippen LogP contribution in [0.2, 0.25) is 0 Å². The summed E-state index contributed by atoms with van der Waals surface area (Å²) >= 11 is 0. The quantitative estimate of drug-likeness (QED) is 0.415. The van der Waals surface area contributed by atoms with Crippen LogP contribution in [-0.4, -0.2) is 23.7 Å². The molecule has 0 aromatic heterocycles. The Morgan fingerprint density at radius 1 is 1.11 bits per heavy atom. The molecule has 110 valence electrons. The van der Waals surface area contributed by atoms with E-state index in [1.54, 1.807) is 0 Å². The van der Waals surface area contributed by atoms with Gasteiger partial charge in [0.1, 0.15) is 0 Å². The van der Waals surface area contributed by atoms with E-state index in [4.69, 9.17) is 9.84 Å². The van der Waals surface area contributed by atoms with Gasteiger partial charge in [-0.25, -0.2) is 9.59 Å².